The van der Waals surface area contributed by atoms with Crippen molar-refractivity contribution in [2.45, 2.75) is 46.6 Å². The van der Waals surface area contributed by atoms with Gasteiger partial charge in [0.05, 0.1) is 11.7 Å². The van der Waals surface area contributed by atoms with Crippen molar-refractivity contribution in [1.82, 2.24) is 9.78 Å². The van der Waals surface area contributed by atoms with Gasteiger partial charge < -0.3 is 5.32 Å². The Morgan fingerprint density at radius 3 is 2.48 bits per heavy atom. The number of benzene rings is 1. The Morgan fingerprint density at radius 1 is 1.29 bits per heavy atom. The highest BCUT2D eigenvalue weighted by Gasteiger charge is 2.14. The zero-order chi connectivity index (χ0) is 15.4. The highest BCUT2D eigenvalue weighted by Crippen LogP contribution is 2.16. The molecular weight excluding hydrogens is 262 g/mol. The predicted octanol–water partition coefficient (Wildman–Crippen LogP) is 3.65. The number of aryl methyl sites for hydroxylation is 3. The summed E-state index contributed by atoms with van der Waals surface area (Å²) in [6.07, 6.45) is 1.42. The van der Waals surface area contributed by atoms with Crippen LogP contribution in [0.3, 0.4) is 0 Å². The number of carbonyl (C=O) groups is 1. The molecule has 0 saturated heterocycles. The molecule has 2 aromatic rings. The van der Waals surface area contributed by atoms with Crippen molar-refractivity contribution in [3.8, 4) is 0 Å². The lowest BCUT2D eigenvalue weighted by atomic mass is 10.1. The van der Waals surface area contributed by atoms with Gasteiger partial charge in [-0.3, -0.25) is 9.48 Å². The van der Waals surface area contributed by atoms with Gasteiger partial charge in [-0.25, -0.2) is 0 Å². The van der Waals surface area contributed by atoms with Gasteiger partial charge in [-0.2, -0.15) is 5.10 Å². The van der Waals surface area contributed by atoms with Crippen LogP contribution in [0, 0.1) is 13.8 Å². The molecule has 1 heterocycles. The highest BCUT2D eigenvalue weighted by atomic mass is 16.1. The fourth-order valence-electron chi connectivity index (χ4n) is 2.48. The molecule has 0 spiro atoms. The number of amides is 1. The average molecular weight is 285 g/mol. The van der Waals surface area contributed by atoms with Crippen molar-refractivity contribution in [2.75, 3.05) is 5.32 Å². The van der Waals surface area contributed by atoms with Gasteiger partial charge in [-0.15, -0.1) is 0 Å². The van der Waals surface area contributed by atoms with Crippen LogP contribution in [0.25, 0.3) is 0 Å². The molecule has 0 aliphatic rings. The van der Waals surface area contributed by atoms with E-state index >= 15 is 0 Å². The first-order chi connectivity index (χ1) is 9.99. The lowest BCUT2D eigenvalue weighted by Crippen LogP contribution is -2.19. The summed E-state index contributed by atoms with van der Waals surface area (Å²) in [5.41, 5.74) is 4.18. The molecule has 0 aliphatic heterocycles. The normalized spacial score (nSPS) is 12.2. The monoisotopic (exact) mass is 285 g/mol. The second kappa shape index (κ2) is 6.57. The van der Waals surface area contributed by atoms with E-state index in [0.29, 0.717) is 6.42 Å². The van der Waals surface area contributed by atoms with Crippen LogP contribution in [-0.4, -0.2) is 15.7 Å². The van der Waals surface area contributed by atoms with E-state index in [1.807, 2.05) is 55.8 Å². The lowest BCUT2D eigenvalue weighted by Gasteiger charge is -2.14. The van der Waals surface area contributed by atoms with Gasteiger partial charge >= 0.3 is 0 Å². The van der Waals surface area contributed by atoms with Crippen molar-refractivity contribution in [1.29, 1.82) is 0 Å². The molecule has 2 rings (SSSR count). The fraction of sp³-hybridized carbons (Fsp3) is 0.412. The molecule has 1 aromatic carbocycles. The minimum absolute atomic E-state index is 0.0132. The van der Waals surface area contributed by atoms with Crippen molar-refractivity contribution in [3.05, 3.63) is 47.3 Å². The van der Waals surface area contributed by atoms with E-state index in [9.17, 15) is 4.79 Å². The quantitative estimate of drug-likeness (QED) is 0.911. The van der Waals surface area contributed by atoms with Crippen LogP contribution in [0.2, 0.25) is 0 Å². The molecule has 1 aromatic heterocycles. The summed E-state index contributed by atoms with van der Waals surface area (Å²) in [5, 5.41) is 7.37. The SMILES string of the molecule is CCc1ccc(NC(=O)C[C@@H](C)n2nc(C)cc2C)cc1. The number of hydrogen-bond acceptors (Lipinski definition) is 2. The summed E-state index contributed by atoms with van der Waals surface area (Å²) in [6, 6.07) is 10.1. The van der Waals surface area contributed by atoms with Gasteiger partial charge in [-0.05, 0) is 51.0 Å². The fourth-order valence-corrected chi connectivity index (χ4v) is 2.48. The van der Waals surface area contributed by atoms with Gasteiger partial charge in [0.1, 0.15) is 0 Å². The van der Waals surface area contributed by atoms with E-state index in [4.69, 9.17) is 0 Å². The Morgan fingerprint density at radius 2 is 1.95 bits per heavy atom. The van der Waals surface area contributed by atoms with E-state index in [1.54, 1.807) is 0 Å². The first kappa shape index (κ1) is 15.3. The summed E-state index contributed by atoms with van der Waals surface area (Å²) in [7, 11) is 0. The third-order valence-electron chi connectivity index (χ3n) is 3.59. The smallest absolute Gasteiger partial charge is 0.226 e. The second-order valence-corrected chi connectivity index (χ2v) is 5.52. The molecular formula is C17H23N3O. The molecule has 4 heteroatoms. The van der Waals surface area contributed by atoms with Crippen LogP contribution in [-0.2, 0) is 11.2 Å². The number of hydrogen-bond donors (Lipinski definition) is 1. The molecule has 1 amide bonds. The number of nitrogens with zero attached hydrogens (tertiary/aromatic N) is 2. The van der Waals surface area contributed by atoms with E-state index in [1.165, 1.54) is 5.56 Å². The van der Waals surface area contributed by atoms with Crippen LogP contribution >= 0.6 is 0 Å². The van der Waals surface area contributed by atoms with Crippen molar-refractivity contribution >= 4 is 11.6 Å². The Labute approximate surface area is 126 Å². The largest absolute Gasteiger partial charge is 0.326 e. The van der Waals surface area contributed by atoms with Gasteiger partial charge in [0.15, 0.2) is 0 Å². The molecule has 0 bridgehead atoms. The van der Waals surface area contributed by atoms with Crippen molar-refractivity contribution < 1.29 is 4.79 Å². The molecule has 0 saturated carbocycles. The maximum absolute atomic E-state index is 12.1. The number of carbonyl (C=O) groups excluding carboxylic acids is 1. The maximum Gasteiger partial charge on any atom is 0.226 e. The molecule has 1 N–H and O–H groups in total. The minimum atomic E-state index is 0.0132. The molecule has 1 atom stereocenters. The molecule has 0 radical (unpaired) electrons. The second-order valence-electron chi connectivity index (χ2n) is 5.52. The zero-order valence-electron chi connectivity index (χ0n) is 13.2. The van der Waals surface area contributed by atoms with E-state index in [-0.39, 0.29) is 11.9 Å². The first-order valence-corrected chi connectivity index (χ1v) is 7.41. The molecule has 0 fully saturated rings. The third kappa shape index (κ3) is 3.94. The first-order valence-electron chi connectivity index (χ1n) is 7.41. The predicted molar refractivity (Wildman–Crippen MR) is 85.5 cm³/mol. The van der Waals surface area contributed by atoms with Crippen molar-refractivity contribution in [3.63, 3.8) is 0 Å². The van der Waals surface area contributed by atoms with Gasteiger partial charge in [0.2, 0.25) is 5.91 Å². The zero-order valence-corrected chi connectivity index (χ0v) is 13.2. The summed E-state index contributed by atoms with van der Waals surface area (Å²) >= 11 is 0. The number of nitrogens with one attached hydrogen (secondary N) is 1. The summed E-state index contributed by atoms with van der Waals surface area (Å²) in [5.74, 6) is 0.0132. The Hall–Kier alpha value is -2.10. The van der Waals surface area contributed by atoms with Crippen LogP contribution < -0.4 is 5.32 Å². The standard InChI is InChI=1S/C17H23N3O/c1-5-15-6-8-16(9-7-15)18-17(21)11-14(4)20-13(3)10-12(2)19-20/h6-10,14H,5,11H2,1-4H3,(H,18,21)/t14-/m1/s1. The lowest BCUT2D eigenvalue weighted by molar-refractivity contribution is -0.116. The summed E-state index contributed by atoms with van der Waals surface area (Å²) in [6.45, 7) is 8.10. The molecule has 112 valence electrons. The van der Waals surface area contributed by atoms with Crippen LogP contribution in [0.5, 0.6) is 0 Å². The van der Waals surface area contributed by atoms with E-state index in [2.05, 4.69) is 17.3 Å². The van der Waals surface area contributed by atoms with E-state index < -0.39 is 0 Å². The van der Waals surface area contributed by atoms with Gasteiger partial charge in [0.25, 0.3) is 0 Å². The summed E-state index contributed by atoms with van der Waals surface area (Å²) < 4.78 is 1.91. The topological polar surface area (TPSA) is 46.9 Å². The van der Waals surface area contributed by atoms with Gasteiger partial charge in [-0.1, -0.05) is 19.1 Å². The third-order valence-corrected chi connectivity index (χ3v) is 3.59. The molecule has 4 nitrogen and oxygen atoms in total. The average Bonchev–Trinajstić information content (AvgIpc) is 2.78. The Balaban J connectivity index is 1.96. The maximum atomic E-state index is 12.1. The minimum Gasteiger partial charge on any atom is -0.326 e. The summed E-state index contributed by atoms with van der Waals surface area (Å²) in [4.78, 5) is 12.1. The Kier molecular flexibility index (Phi) is 4.78. The van der Waals surface area contributed by atoms with Gasteiger partial charge in [0, 0.05) is 17.8 Å². The number of rotatable bonds is 5. The van der Waals surface area contributed by atoms with E-state index in [0.717, 1.165) is 23.5 Å². The Bertz CT molecular complexity index is 613. The highest BCUT2D eigenvalue weighted by molar-refractivity contribution is 5.90. The molecule has 21 heavy (non-hydrogen) atoms. The van der Waals surface area contributed by atoms with Crippen LogP contribution in [0.4, 0.5) is 5.69 Å². The van der Waals surface area contributed by atoms with Crippen LogP contribution in [0.15, 0.2) is 30.3 Å². The molecule has 0 unspecified atom stereocenters. The number of aromatic nitrogens is 2. The van der Waals surface area contributed by atoms with Crippen LogP contribution in [0.1, 0.15) is 43.3 Å². The van der Waals surface area contributed by atoms with Crippen molar-refractivity contribution in [2.24, 2.45) is 0 Å². The molecule has 0 aliphatic carbocycles. The number of anilines is 1.